The van der Waals surface area contributed by atoms with Gasteiger partial charge in [0, 0.05) is 18.2 Å². The lowest BCUT2D eigenvalue weighted by Gasteiger charge is -2.30. The van der Waals surface area contributed by atoms with E-state index in [4.69, 9.17) is 0 Å². The number of carbonyl (C=O) groups excluding carboxylic acids is 2. The number of aliphatic imine (C=N–C) groups is 1. The highest BCUT2D eigenvalue weighted by Gasteiger charge is 2.35. The number of benzene rings is 2. The van der Waals surface area contributed by atoms with Crippen molar-refractivity contribution >= 4 is 34.6 Å². The van der Waals surface area contributed by atoms with Gasteiger partial charge in [0.15, 0.2) is 11.0 Å². The number of aryl methyl sites for hydroxylation is 2. The molecule has 2 heterocycles. The van der Waals surface area contributed by atoms with Crippen molar-refractivity contribution in [3.05, 3.63) is 66.2 Å². The van der Waals surface area contributed by atoms with Crippen LogP contribution in [0.4, 0.5) is 23.7 Å². The maximum atomic E-state index is 12.6. The Morgan fingerprint density at radius 1 is 1.05 bits per heavy atom. The Bertz CT molecular complexity index is 1370. The van der Waals surface area contributed by atoms with Gasteiger partial charge in [-0.2, -0.15) is 10.1 Å². The van der Waals surface area contributed by atoms with Crippen molar-refractivity contribution in [2.45, 2.75) is 57.3 Å². The number of rotatable bonds is 7. The van der Waals surface area contributed by atoms with E-state index in [2.05, 4.69) is 25.1 Å². The Kier molecular flexibility index (Phi) is 8.38. The lowest BCUT2D eigenvalue weighted by Crippen LogP contribution is -2.41. The molecule has 3 amide bonds. The van der Waals surface area contributed by atoms with Gasteiger partial charge < -0.3 is 10.1 Å². The Morgan fingerprint density at radius 3 is 2.48 bits per heavy atom. The SMILES string of the molecule is O=C(N=C1SCC(=O)N1C1CCCCC1)Nc1ccc(CCc2ncn(-c3ccc(OC(F)(F)F)cc3)n2)cc1. The van der Waals surface area contributed by atoms with Crippen LogP contribution in [0.3, 0.4) is 0 Å². The molecule has 0 spiro atoms. The van der Waals surface area contributed by atoms with E-state index in [0.29, 0.717) is 41.0 Å². The lowest BCUT2D eigenvalue weighted by atomic mass is 9.94. The van der Waals surface area contributed by atoms with Crippen molar-refractivity contribution in [3.63, 3.8) is 0 Å². The van der Waals surface area contributed by atoms with E-state index in [1.807, 2.05) is 12.1 Å². The summed E-state index contributed by atoms with van der Waals surface area (Å²) >= 11 is 1.31. The largest absolute Gasteiger partial charge is 0.573 e. The molecule has 40 heavy (non-hydrogen) atoms. The second-order valence-electron chi connectivity index (χ2n) is 9.51. The first-order valence-electron chi connectivity index (χ1n) is 12.9. The standard InChI is InChI=1S/C27H27F3N6O3S/c28-27(29,30)39-22-13-11-20(12-14-22)35-17-31-23(34-35)15-8-18-6-9-19(10-7-18)32-25(38)33-26-36(24(37)16-40-26)21-4-2-1-3-5-21/h6-7,9-14,17,21H,1-5,8,15-16H2,(H,32,38). The molecule has 1 aliphatic carbocycles. The topological polar surface area (TPSA) is 102 Å². The van der Waals surface area contributed by atoms with Gasteiger partial charge in [-0.25, -0.2) is 14.5 Å². The zero-order valence-corrected chi connectivity index (χ0v) is 22.2. The molecule has 2 aromatic carbocycles. The quantitative estimate of drug-likeness (QED) is 0.387. The predicted octanol–water partition coefficient (Wildman–Crippen LogP) is 5.75. The number of anilines is 1. The maximum absolute atomic E-state index is 12.6. The van der Waals surface area contributed by atoms with Gasteiger partial charge in [0.25, 0.3) is 0 Å². The Labute approximate surface area is 232 Å². The predicted molar refractivity (Wildman–Crippen MR) is 145 cm³/mol. The number of aromatic nitrogens is 3. The Hall–Kier alpha value is -3.87. The third-order valence-electron chi connectivity index (χ3n) is 6.65. The summed E-state index contributed by atoms with van der Waals surface area (Å²) in [7, 11) is 0. The second kappa shape index (κ2) is 12.1. The third-order valence-corrected chi connectivity index (χ3v) is 7.59. The van der Waals surface area contributed by atoms with Crippen LogP contribution in [0.2, 0.25) is 0 Å². The van der Waals surface area contributed by atoms with E-state index in [9.17, 15) is 22.8 Å². The van der Waals surface area contributed by atoms with Crippen LogP contribution in [0.25, 0.3) is 5.69 Å². The summed E-state index contributed by atoms with van der Waals surface area (Å²) in [4.78, 5) is 35.1. The smallest absolute Gasteiger partial charge is 0.406 e. The molecule has 1 saturated heterocycles. The number of carbonyl (C=O) groups is 2. The molecular formula is C27H27F3N6O3S. The number of hydrogen-bond acceptors (Lipinski definition) is 6. The van der Waals surface area contributed by atoms with Crippen LogP contribution >= 0.6 is 11.8 Å². The van der Waals surface area contributed by atoms with Crippen LogP contribution in [-0.4, -0.2) is 54.9 Å². The molecule has 0 radical (unpaired) electrons. The van der Waals surface area contributed by atoms with E-state index in [0.717, 1.165) is 31.2 Å². The number of amidine groups is 1. The van der Waals surface area contributed by atoms with Crippen LogP contribution in [0.15, 0.2) is 59.9 Å². The minimum absolute atomic E-state index is 0.0144. The Morgan fingerprint density at radius 2 is 1.77 bits per heavy atom. The number of alkyl halides is 3. The number of amides is 3. The van der Waals surface area contributed by atoms with Gasteiger partial charge in [0.1, 0.15) is 12.1 Å². The molecule has 0 unspecified atom stereocenters. The summed E-state index contributed by atoms with van der Waals surface area (Å²) in [5.41, 5.74) is 2.16. The van der Waals surface area contributed by atoms with Crippen LogP contribution in [-0.2, 0) is 17.6 Å². The lowest BCUT2D eigenvalue weighted by molar-refractivity contribution is -0.274. The number of thioether (sulfide) groups is 1. The number of urea groups is 1. The summed E-state index contributed by atoms with van der Waals surface area (Å²) in [5.74, 6) is 0.598. The van der Waals surface area contributed by atoms with Crippen molar-refractivity contribution in [1.29, 1.82) is 0 Å². The summed E-state index contributed by atoms with van der Waals surface area (Å²) in [6.45, 7) is 0. The second-order valence-corrected chi connectivity index (χ2v) is 10.5. The van der Waals surface area contributed by atoms with Gasteiger partial charge in [0.2, 0.25) is 5.91 Å². The molecule has 1 aliphatic heterocycles. The van der Waals surface area contributed by atoms with Gasteiger partial charge in [0.05, 0.1) is 11.4 Å². The van der Waals surface area contributed by atoms with E-state index in [1.165, 1.54) is 53.5 Å². The number of nitrogens with one attached hydrogen (secondary N) is 1. The van der Waals surface area contributed by atoms with Gasteiger partial charge in [-0.1, -0.05) is 43.2 Å². The fourth-order valence-corrected chi connectivity index (χ4v) is 5.67. The minimum Gasteiger partial charge on any atom is -0.406 e. The molecule has 0 bridgehead atoms. The summed E-state index contributed by atoms with van der Waals surface area (Å²) in [5, 5.41) is 7.64. The molecule has 1 N–H and O–H groups in total. The molecule has 0 atom stereocenters. The maximum Gasteiger partial charge on any atom is 0.573 e. The zero-order chi connectivity index (χ0) is 28.1. The van der Waals surface area contributed by atoms with Gasteiger partial charge in [-0.05, 0) is 61.2 Å². The molecule has 3 aromatic rings. The summed E-state index contributed by atoms with van der Waals surface area (Å²) < 4.78 is 42.4. The van der Waals surface area contributed by atoms with Gasteiger partial charge in [-0.15, -0.1) is 13.2 Å². The van der Waals surface area contributed by atoms with Gasteiger partial charge in [-0.3, -0.25) is 9.69 Å². The molecule has 9 nitrogen and oxygen atoms in total. The van der Waals surface area contributed by atoms with Crippen molar-refractivity contribution in [2.75, 3.05) is 11.1 Å². The molecule has 1 aromatic heterocycles. The van der Waals surface area contributed by atoms with E-state index >= 15 is 0 Å². The monoisotopic (exact) mass is 572 g/mol. The molecule has 2 fully saturated rings. The van der Waals surface area contributed by atoms with E-state index in [1.54, 1.807) is 17.0 Å². The highest BCUT2D eigenvalue weighted by atomic mass is 32.2. The van der Waals surface area contributed by atoms with Crippen LogP contribution in [0, 0.1) is 0 Å². The minimum atomic E-state index is -4.74. The number of hydrogen-bond donors (Lipinski definition) is 1. The first kappa shape index (κ1) is 27.7. The molecule has 210 valence electrons. The first-order valence-corrected chi connectivity index (χ1v) is 13.9. The fraction of sp³-hybridized carbons (Fsp3) is 0.370. The molecule has 13 heteroatoms. The molecular weight excluding hydrogens is 545 g/mol. The van der Waals surface area contributed by atoms with Crippen molar-refractivity contribution in [2.24, 2.45) is 4.99 Å². The van der Waals surface area contributed by atoms with Crippen molar-refractivity contribution in [1.82, 2.24) is 19.7 Å². The fourth-order valence-electron chi connectivity index (χ4n) is 4.74. The van der Waals surface area contributed by atoms with Crippen LogP contribution in [0.5, 0.6) is 5.75 Å². The number of ether oxygens (including phenoxy) is 1. The third kappa shape index (κ3) is 7.20. The van der Waals surface area contributed by atoms with Crippen molar-refractivity contribution in [3.8, 4) is 11.4 Å². The Balaban J connectivity index is 1.13. The zero-order valence-electron chi connectivity index (χ0n) is 21.4. The van der Waals surface area contributed by atoms with Gasteiger partial charge >= 0.3 is 12.4 Å². The number of nitrogens with zero attached hydrogens (tertiary/aromatic N) is 5. The normalized spacial score (nSPS) is 17.4. The average Bonchev–Trinajstić information content (AvgIpc) is 3.55. The molecule has 1 saturated carbocycles. The highest BCUT2D eigenvalue weighted by Crippen LogP contribution is 2.30. The summed E-state index contributed by atoms with van der Waals surface area (Å²) in [6, 6.07) is 12.3. The van der Waals surface area contributed by atoms with Crippen LogP contribution < -0.4 is 10.1 Å². The van der Waals surface area contributed by atoms with Crippen molar-refractivity contribution < 1.29 is 27.5 Å². The number of halogens is 3. The highest BCUT2D eigenvalue weighted by molar-refractivity contribution is 8.15. The average molecular weight is 573 g/mol. The molecule has 2 aliphatic rings. The molecule has 5 rings (SSSR count). The summed E-state index contributed by atoms with van der Waals surface area (Å²) in [6.07, 6.45) is 3.18. The van der Waals surface area contributed by atoms with Crippen LogP contribution in [0.1, 0.15) is 43.5 Å². The first-order chi connectivity index (χ1) is 19.2. The van der Waals surface area contributed by atoms with E-state index in [-0.39, 0.29) is 17.7 Å². The van der Waals surface area contributed by atoms with E-state index < -0.39 is 12.4 Å².